The molecule has 1 aliphatic rings. The zero-order chi connectivity index (χ0) is 20.1. The number of hydrogen-bond acceptors (Lipinski definition) is 11. The molecule has 12 heteroatoms. The average molecular weight is 424 g/mol. The lowest BCUT2D eigenvalue weighted by atomic mass is 9.77. The van der Waals surface area contributed by atoms with Gasteiger partial charge in [-0.05, 0) is 18.1 Å². The van der Waals surface area contributed by atoms with Gasteiger partial charge < -0.3 is 23.9 Å². The van der Waals surface area contributed by atoms with Crippen LogP contribution in [0.1, 0.15) is 29.3 Å². The summed E-state index contributed by atoms with van der Waals surface area (Å²) in [4.78, 5) is 23.7. The number of rotatable bonds is 7. The van der Waals surface area contributed by atoms with Crippen LogP contribution in [-0.4, -0.2) is 53.3 Å². The van der Waals surface area contributed by atoms with Crippen LogP contribution in [-0.2, 0) is 20.7 Å². The molecule has 3 rings (SSSR count). The molecule has 28 heavy (non-hydrogen) atoms. The first-order chi connectivity index (χ1) is 13.5. The average Bonchev–Trinajstić information content (AvgIpc) is 3.20. The standard InChI is InChI=1S/C16H17BN2O7S2/c1-3-12(20)24-8-25-15(21)13-10(23-2)5-4-9-6-11(17(22)26-14(9)13)28-16-19-18-7-27-16/h4-5,7,11,22H,3,6,8H2,1-2H3/t11-/m0/s1. The Morgan fingerprint density at radius 2 is 2.25 bits per heavy atom. The summed E-state index contributed by atoms with van der Waals surface area (Å²) in [5.41, 5.74) is 2.35. The molecule has 0 aliphatic carbocycles. The second-order valence-corrected chi connectivity index (χ2v) is 7.94. The Kier molecular flexibility index (Phi) is 6.76. The van der Waals surface area contributed by atoms with Crippen molar-refractivity contribution >= 4 is 42.2 Å². The van der Waals surface area contributed by atoms with Gasteiger partial charge in [0.05, 0.1) is 12.3 Å². The van der Waals surface area contributed by atoms with Crippen molar-refractivity contribution in [3.63, 3.8) is 0 Å². The molecule has 0 fully saturated rings. The number of carbonyl (C=O) groups excluding carboxylic acids is 2. The normalized spacial score (nSPS) is 15.4. The first-order valence-corrected chi connectivity index (χ1v) is 10.1. The molecule has 0 saturated carbocycles. The first kappa shape index (κ1) is 20.4. The van der Waals surface area contributed by atoms with Gasteiger partial charge in [-0.1, -0.05) is 36.1 Å². The van der Waals surface area contributed by atoms with Crippen molar-refractivity contribution in [3.05, 3.63) is 28.8 Å². The third-order valence-electron chi connectivity index (χ3n) is 3.89. The largest absolute Gasteiger partial charge is 0.537 e. The number of esters is 2. The van der Waals surface area contributed by atoms with E-state index < -0.39 is 25.8 Å². The molecule has 0 unspecified atom stereocenters. The number of carbonyl (C=O) groups is 2. The minimum Gasteiger partial charge on any atom is -0.534 e. The number of benzene rings is 1. The molecule has 2 heterocycles. The van der Waals surface area contributed by atoms with Crippen molar-refractivity contribution < 1.29 is 33.5 Å². The van der Waals surface area contributed by atoms with E-state index >= 15 is 0 Å². The predicted molar refractivity (Wildman–Crippen MR) is 102 cm³/mol. The summed E-state index contributed by atoms with van der Waals surface area (Å²) < 4.78 is 21.4. The number of aromatic nitrogens is 2. The fourth-order valence-electron chi connectivity index (χ4n) is 2.55. The molecule has 148 valence electrons. The quantitative estimate of drug-likeness (QED) is 0.400. The number of fused-ring (bicyclic) bond motifs is 1. The number of ether oxygens (including phenoxy) is 3. The van der Waals surface area contributed by atoms with Crippen LogP contribution in [0.5, 0.6) is 11.5 Å². The fourth-order valence-corrected chi connectivity index (χ4v) is 4.34. The fraction of sp³-hybridized carbons (Fsp3) is 0.375. The molecule has 0 spiro atoms. The van der Waals surface area contributed by atoms with E-state index in [9.17, 15) is 14.6 Å². The lowest BCUT2D eigenvalue weighted by Gasteiger charge is -2.28. The number of methoxy groups -OCH3 is 1. The topological polar surface area (TPSA) is 117 Å². The predicted octanol–water partition coefficient (Wildman–Crippen LogP) is 1.73. The van der Waals surface area contributed by atoms with Gasteiger partial charge in [-0.3, -0.25) is 4.79 Å². The summed E-state index contributed by atoms with van der Waals surface area (Å²) in [5, 5.41) is 17.8. The molecule has 0 amide bonds. The summed E-state index contributed by atoms with van der Waals surface area (Å²) in [6.07, 6.45) is 0.612. The number of hydrogen-bond donors (Lipinski definition) is 1. The molecule has 0 radical (unpaired) electrons. The van der Waals surface area contributed by atoms with Crippen molar-refractivity contribution in [2.45, 2.75) is 29.3 Å². The summed E-state index contributed by atoms with van der Waals surface area (Å²) in [5.74, 6) is -0.848. The Labute approximate surface area is 169 Å². The van der Waals surface area contributed by atoms with Crippen molar-refractivity contribution in [1.82, 2.24) is 10.2 Å². The molecule has 1 aromatic carbocycles. The highest BCUT2D eigenvalue weighted by Gasteiger charge is 2.39. The Bertz CT molecular complexity index is 850. The Morgan fingerprint density at radius 1 is 1.43 bits per heavy atom. The summed E-state index contributed by atoms with van der Waals surface area (Å²) in [7, 11) is 0.237. The van der Waals surface area contributed by atoms with E-state index in [1.165, 1.54) is 30.2 Å². The van der Waals surface area contributed by atoms with E-state index in [2.05, 4.69) is 10.2 Å². The highest BCUT2D eigenvalue weighted by atomic mass is 32.2. The summed E-state index contributed by atoms with van der Waals surface area (Å²) >= 11 is 2.72. The van der Waals surface area contributed by atoms with E-state index in [0.717, 1.165) is 0 Å². The van der Waals surface area contributed by atoms with Crippen molar-refractivity contribution in [2.24, 2.45) is 0 Å². The zero-order valence-electron chi connectivity index (χ0n) is 15.1. The van der Waals surface area contributed by atoms with Gasteiger partial charge in [0, 0.05) is 6.42 Å². The van der Waals surface area contributed by atoms with E-state index in [1.807, 2.05) is 0 Å². The van der Waals surface area contributed by atoms with E-state index in [4.69, 9.17) is 18.9 Å². The molecule has 1 N–H and O–H groups in total. The van der Waals surface area contributed by atoms with Crippen LogP contribution in [0, 0.1) is 0 Å². The molecule has 1 aromatic heterocycles. The number of thioether (sulfide) groups is 1. The van der Waals surface area contributed by atoms with Crippen LogP contribution >= 0.6 is 23.1 Å². The first-order valence-electron chi connectivity index (χ1n) is 8.33. The smallest absolute Gasteiger partial charge is 0.534 e. The van der Waals surface area contributed by atoms with Crippen LogP contribution in [0.3, 0.4) is 0 Å². The van der Waals surface area contributed by atoms with Crippen LogP contribution in [0.15, 0.2) is 22.0 Å². The molecular formula is C16H17BN2O7S2. The van der Waals surface area contributed by atoms with E-state index in [0.29, 0.717) is 16.3 Å². The molecule has 9 nitrogen and oxygen atoms in total. The maximum Gasteiger partial charge on any atom is 0.537 e. The van der Waals surface area contributed by atoms with Gasteiger partial charge in [0.25, 0.3) is 0 Å². The zero-order valence-corrected chi connectivity index (χ0v) is 16.7. The Hall–Kier alpha value is -2.31. The monoisotopic (exact) mass is 424 g/mol. The lowest BCUT2D eigenvalue weighted by molar-refractivity contribution is -0.151. The minimum absolute atomic E-state index is 0.0333. The van der Waals surface area contributed by atoms with Crippen LogP contribution in [0.2, 0.25) is 0 Å². The lowest BCUT2D eigenvalue weighted by Crippen LogP contribution is -2.40. The Morgan fingerprint density at radius 3 is 2.93 bits per heavy atom. The summed E-state index contributed by atoms with van der Waals surface area (Å²) in [6, 6.07) is 3.39. The van der Waals surface area contributed by atoms with Gasteiger partial charge in [0.2, 0.25) is 6.79 Å². The van der Waals surface area contributed by atoms with Gasteiger partial charge in [-0.15, -0.1) is 10.2 Å². The second kappa shape index (κ2) is 9.26. The summed E-state index contributed by atoms with van der Waals surface area (Å²) in [6.45, 7) is 1.11. The van der Waals surface area contributed by atoms with Crippen LogP contribution < -0.4 is 9.39 Å². The molecule has 0 bridgehead atoms. The van der Waals surface area contributed by atoms with Crippen molar-refractivity contribution in [3.8, 4) is 11.5 Å². The van der Waals surface area contributed by atoms with Gasteiger partial charge in [0.15, 0.2) is 4.34 Å². The van der Waals surface area contributed by atoms with Gasteiger partial charge in [-0.2, -0.15) is 0 Å². The molecule has 1 aliphatic heterocycles. The van der Waals surface area contributed by atoms with Crippen molar-refractivity contribution in [2.75, 3.05) is 13.9 Å². The van der Waals surface area contributed by atoms with Gasteiger partial charge in [-0.25, -0.2) is 4.79 Å². The molecular weight excluding hydrogens is 407 g/mol. The molecule has 2 aromatic rings. The van der Waals surface area contributed by atoms with Gasteiger partial charge in [0.1, 0.15) is 22.6 Å². The minimum atomic E-state index is -1.17. The Balaban J connectivity index is 1.80. The van der Waals surface area contributed by atoms with Crippen LogP contribution in [0.4, 0.5) is 0 Å². The maximum atomic E-state index is 12.5. The third-order valence-corrected chi connectivity index (χ3v) is 5.94. The highest BCUT2D eigenvalue weighted by Crippen LogP contribution is 2.40. The molecule has 0 saturated heterocycles. The SMILES string of the molecule is CCC(=O)OCOC(=O)c1c(OC)ccc2c1OB(O)[C@@H](Sc1nncs1)C2. The number of nitrogens with zero attached hydrogens (tertiary/aromatic N) is 2. The third kappa shape index (κ3) is 4.57. The maximum absolute atomic E-state index is 12.5. The highest BCUT2D eigenvalue weighted by molar-refractivity contribution is 8.02. The second-order valence-electron chi connectivity index (χ2n) is 5.62. The van der Waals surface area contributed by atoms with E-state index in [1.54, 1.807) is 24.6 Å². The van der Waals surface area contributed by atoms with E-state index in [-0.39, 0.29) is 28.6 Å². The van der Waals surface area contributed by atoms with Crippen LogP contribution in [0.25, 0.3) is 0 Å². The van der Waals surface area contributed by atoms with Gasteiger partial charge >= 0.3 is 19.1 Å². The van der Waals surface area contributed by atoms with Crippen molar-refractivity contribution in [1.29, 1.82) is 0 Å². The molecule has 1 atom stereocenters.